The molecule has 0 radical (unpaired) electrons. The first-order valence-corrected chi connectivity index (χ1v) is 8.25. The van der Waals surface area contributed by atoms with Gasteiger partial charge in [-0.3, -0.25) is 9.80 Å². The van der Waals surface area contributed by atoms with Crippen LogP contribution in [0.15, 0.2) is 24.3 Å². The Balaban J connectivity index is 1.69. The van der Waals surface area contributed by atoms with Gasteiger partial charge in [-0.05, 0) is 45.4 Å². The highest BCUT2D eigenvalue weighted by Gasteiger charge is 2.37. The summed E-state index contributed by atoms with van der Waals surface area (Å²) < 4.78 is 0. The molecular weight excluding hydrogens is 258 g/mol. The molecule has 1 aromatic rings. The summed E-state index contributed by atoms with van der Waals surface area (Å²) in [6, 6.07) is 10.0. The normalized spacial score (nSPS) is 27.8. The van der Waals surface area contributed by atoms with Gasteiger partial charge in [0.2, 0.25) is 0 Å². The van der Waals surface area contributed by atoms with Gasteiger partial charge in [0.1, 0.15) is 0 Å². The van der Waals surface area contributed by atoms with Gasteiger partial charge in [0.15, 0.2) is 0 Å². The molecule has 21 heavy (non-hydrogen) atoms. The van der Waals surface area contributed by atoms with E-state index in [4.69, 9.17) is 0 Å². The maximum absolute atomic E-state index is 3.55. The van der Waals surface area contributed by atoms with Crippen LogP contribution in [0.1, 0.15) is 37.9 Å². The van der Waals surface area contributed by atoms with E-state index in [2.05, 4.69) is 67.2 Å². The minimum Gasteiger partial charge on any atom is -0.312 e. The minimum atomic E-state index is 0.299. The molecule has 2 atom stereocenters. The molecule has 0 saturated carbocycles. The third-order valence-corrected chi connectivity index (χ3v) is 5.25. The quantitative estimate of drug-likeness (QED) is 0.900. The Kier molecular flexibility index (Phi) is 4.08. The van der Waals surface area contributed by atoms with Crippen molar-refractivity contribution in [3.05, 3.63) is 35.4 Å². The fraction of sp³-hybridized carbons (Fsp3) is 0.667. The summed E-state index contributed by atoms with van der Waals surface area (Å²) >= 11 is 0. The Morgan fingerprint density at radius 2 is 1.71 bits per heavy atom. The van der Waals surface area contributed by atoms with Crippen molar-refractivity contribution in [3.8, 4) is 0 Å². The molecular formula is C18H29N3. The fourth-order valence-corrected chi connectivity index (χ4v) is 3.99. The number of benzene rings is 1. The van der Waals surface area contributed by atoms with Gasteiger partial charge in [-0.1, -0.05) is 24.3 Å². The number of nitrogens with one attached hydrogen (secondary N) is 1. The second kappa shape index (κ2) is 5.71. The largest absolute Gasteiger partial charge is 0.312 e. The van der Waals surface area contributed by atoms with Crippen molar-refractivity contribution >= 4 is 0 Å². The molecule has 1 heterocycles. The van der Waals surface area contributed by atoms with Crippen LogP contribution >= 0.6 is 0 Å². The molecule has 3 rings (SSSR count). The van der Waals surface area contributed by atoms with Gasteiger partial charge in [-0.25, -0.2) is 0 Å². The van der Waals surface area contributed by atoms with Gasteiger partial charge in [0.05, 0.1) is 0 Å². The van der Waals surface area contributed by atoms with Crippen molar-refractivity contribution in [3.63, 3.8) is 0 Å². The van der Waals surface area contributed by atoms with Gasteiger partial charge in [-0.15, -0.1) is 0 Å². The molecule has 2 aliphatic rings. The highest BCUT2D eigenvalue weighted by molar-refractivity contribution is 5.37. The standard InChI is InChI=1S/C18H29N3/c1-18(2,3)21-11-9-20(10-12-21)16-13-14-7-5-6-8-15(14)17(16)19-4/h5-8,16-17,19H,9-13H2,1-4H3. The monoisotopic (exact) mass is 287 g/mol. The predicted molar refractivity (Wildman–Crippen MR) is 88.6 cm³/mol. The van der Waals surface area contributed by atoms with Crippen molar-refractivity contribution in [1.29, 1.82) is 0 Å². The number of rotatable bonds is 2. The number of hydrogen-bond acceptors (Lipinski definition) is 3. The first-order valence-electron chi connectivity index (χ1n) is 8.25. The molecule has 1 saturated heterocycles. The van der Waals surface area contributed by atoms with Crippen LogP contribution in [0, 0.1) is 0 Å². The van der Waals surface area contributed by atoms with E-state index in [0.717, 1.165) is 0 Å². The van der Waals surface area contributed by atoms with E-state index in [1.807, 2.05) is 0 Å². The Morgan fingerprint density at radius 3 is 2.33 bits per heavy atom. The molecule has 116 valence electrons. The third-order valence-electron chi connectivity index (χ3n) is 5.25. The molecule has 1 aliphatic heterocycles. The smallest absolute Gasteiger partial charge is 0.0481 e. The predicted octanol–water partition coefficient (Wildman–Crippen LogP) is 2.29. The molecule has 1 fully saturated rings. The summed E-state index contributed by atoms with van der Waals surface area (Å²) in [6.45, 7) is 11.7. The lowest BCUT2D eigenvalue weighted by atomic mass is 10.0. The van der Waals surface area contributed by atoms with Crippen molar-refractivity contribution in [2.75, 3.05) is 33.2 Å². The van der Waals surface area contributed by atoms with E-state index < -0.39 is 0 Å². The number of fused-ring (bicyclic) bond motifs is 1. The maximum atomic E-state index is 3.55. The maximum Gasteiger partial charge on any atom is 0.0481 e. The Labute approximate surface area is 129 Å². The summed E-state index contributed by atoms with van der Waals surface area (Å²) in [5, 5.41) is 3.55. The van der Waals surface area contributed by atoms with Crippen LogP contribution in [-0.2, 0) is 6.42 Å². The van der Waals surface area contributed by atoms with E-state index in [1.165, 1.54) is 43.7 Å². The average Bonchev–Trinajstić information content (AvgIpc) is 2.85. The molecule has 2 unspecified atom stereocenters. The Bertz CT molecular complexity index is 483. The zero-order valence-corrected chi connectivity index (χ0v) is 13.9. The van der Waals surface area contributed by atoms with E-state index in [9.17, 15) is 0 Å². The van der Waals surface area contributed by atoms with Crippen molar-refractivity contribution < 1.29 is 0 Å². The Morgan fingerprint density at radius 1 is 1.05 bits per heavy atom. The second-order valence-electron chi connectivity index (χ2n) is 7.43. The number of nitrogens with zero attached hydrogens (tertiary/aromatic N) is 2. The van der Waals surface area contributed by atoms with Crippen LogP contribution < -0.4 is 5.32 Å². The average molecular weight is 287 g/mol. The first-order chi connectivity index (χ1) is 10.0. The molecule has 0 bridgehead atoms. The highest BCUT2D eigenvalue weighted by atomic mass is 15.3. The highest BCUT2D eigenvalue weighted by Crippen LogP contribution is 2.34. The van der Waals surface area contributed by atoms with Crippen molar-refractivity contribution in [2.45, 2.75) is 44.8 Å². The van der Waals surface area contributed by atoms with Crippen LogP contribution in [0.2, 0.25) is 0 Å². The molecule has 1 aliphatic carbocycles. The first kappa shape index (κ1) is 15.0. The number of likely N-dealkylation sites (N-methyl/N-ethyl adjacent to an activating group) is 1. The van der Waals surface area contributed by atoms with Gasteiger partial charge >= 0.3 is 0 Å². The van der Waals surface area contributed by atoms with E-state index in [0.29, 0.717) is 17.6 Å². The van der Waals surface area contributed by atoms with Crippen LogP contribution in [-0.4, -0.2) is 54.6 Å². The lowest BCUT2D eigenvalue weighted by Crippen LogP contribution is -2.57. The van der Waals surface area contributed by atoms with Gasteiger partial charge in [0, 0.05) is 43.8 Å². The van der Waals surface area contributed by atoms with Crippen molar-refractivity contribution in [1.82, 2.24) is 15.1 Å². The topological polar surface area (TPSA) is 18.5 Å². The van der Waals surface area contributed by atoms with Gasteiger partial charge in [0.25, 0.3) is 0 Å². The molecule has 1 aromatic carbocycles. The van der Waals surface area contributed by atoms with E-state index >= 15 is 0 Å². The van der Waals surface area contributed by atoms with Gasteiger partial charge < -0.3 is 5.32 Å². The van der Waals surface area contributed by atoms with Crippen LogP contribution in [0.5, 0.6) is 0 Å². The molecule has 1 N–H and O–H groups in total. The molecule has 3 heteroatoms. The van der Waals surface area contributed by atoms with Crippen LogP contribution in [0.4, 0.5) is 0 Å². The minimum absolute atomic E-state index is 0.299. The Hall–Kier alpha value is -0.900. The van der Waals surface area contributed by atoms with Crippen molar-refractivity contribution in [2.24, 2.45) is 0 Å². The van der Waals surface area contributed by atoms with E-state index in [-0.39, 0.29) is 0 Å². The summed E-state index contributed by atoms with van der Waals surface area (Å²) in [5.74, 6) is 0. The summed E-state index contributed by atoms with van der Waals surface area (Å²) in [6.07, 6.45) is 1.19. The van der Waals surface area contributed by atoms with Gasteiger partial charge in [-0.2, -0.15) is 0 Å². The molecule has 3 nitrogen and oxygen atoms in total. The van der Waals surface area contributed by atoms with E-state index in [1.54, 1.807) is 0 Å². The lowest BCUT2D eigenvalue weighted by Gasteiger charge is -2.45. The summed E-state index contributed by atoms with van der Waals surface area (Å²) in [7, 11) is 2.10. The zero-order valence-electron chi connectivity index (χ0n) is 13.9. The van der Waals surface area contributed by atoms with Crippen LogP contribution in [0.3, 0.4) is 0 Å². The lowest BCUT2D eigenvalue weighted by molar-refractivity contribution is 0.0362. The molecule has 0 amide bonds. The second-order valence-corrected chi connectivity index (χ2v) is 7.43. The molecule has 0 spiro atoms. The zero-order chi connectivity index (χ0) is 15.0. The summed E-state index contributed by atoms with van der Waals surface area (Å²) in [4.78, 5) is 5.31. The fourth-order valence-electron chi connectivity index (χ4n) is 3.99. The molecule has 0 aromatic heterocycles. The third kappa shape index (κ3) is 2.87. The SMILES string of the molecule is CNC1c2ccccc2CC1N1CCN(C(C)(C)C)CC1. The summed E-state index contributed by atoms with van der Waals surface area (Å²) in [5.41, 5.74) is 3.33. The van der Waals surface area contributed by atoms with Crippen LogP contribution in [0.25, 0.3) is 0 Å². The number of hydrogen-bond donors (Lipinski definition) is 1. The number of piperazine rings is 1.